The smallest absolute Gasteiger partial charge is 0.320 e. The van der Waals surface area contributed by atoms with Crippen LogP contribution in [0.5, 0.6) is 0 Å². The van der Waals surface area contributed by atoms with E-state index in [9.17, 15) is 14.7 Å². The van der Waals surface area contributed by atoms with Gasteiger partial charge in [0.15, 0.2) is 0 Å². The van der Waals surface area contributed by atoms with Crippen LogP contribution >= 0.6 is 11.3 Å². The molecule has 1 N–H and O–H groups in total. The summed E-state index contributed by atoms with van der Waals surface area (Å²) in [5.41, 5.74) is -2.26. The van der Waals surface area contributed by atoms with E-state index in [2.05, 4.69) is 4.98 Å². The largest absolute Gasteiger partial charge is 0.465 e. The maximum absolute atomic E-state index is 11.9. The van der Waals surface area contributed by atoms with Gasteiger partial charge in [0.2, 0.25) is 6.29 Å². The van der Waals surface area contributed by atoms with Crippen LogP contribution in [0.2, 0.25) is 0 Å². The van der Waals surface area contributed by atoms with Gasteiger partial charge in [0.25, 0.3) is 0 Å². The van der Waals surface area contributed by atoms with Gasteiger partial charge in [0.1, 0.15) is 16.0 Å². The first kappa shape index (κ1) is 14.1. The third-order valence-electron chi connectivity index (χ3n) is 3.62. The molecule has 0 bridgehead atoms. The Balaban J connectivity index is 2.12. The molecule has 0 atom stereocenters. The summed E-state index contributed by atoms with van der Waals surface area (Å²) in [4.78, 5) is 27.2. The molecular formula is C13H16NO4S. The normalized spacial score (nSPS) is 30.8. The van der Waals surface area contributed by atoms with E-state index in [1.54, 1.807) is 18.5 Å². The first-order valence-electron chi connectivity index (χ1n) is 6.25. The molecule has 0 amide bonds. The highest BCUT2D eigenvalue weighted by Crippen LogP contribution is 2.45. The number of ether oxygens (including phenoxy) is 1. The zero-order valence-corrected chi connectivity index (χ0v) is 11.5. The SMILES string of the molecule is CCOC(=O)C1([C]=O)CCC(O)(c2nccs2)CC1. The lowest BCUT2D eigenvalue weighted by Crippen LogP contribution is -2.43. The minimum absolute atomic E-state index is 0.235. The number of hydrogen-bond acceptors (Lipinski definition) is 6. The molecule has 0 saturated heterocycles. The number of aliphatic hydroxyl groups is 1. The van der Waals surface area contributed by atoms with Crippen molar-refractivity contribution in [2.24, 2.45) is 5.41 Å². The Morgan fingerprint density at radius 2 is 2.21 bits per heavy atom. The van der Waals surface area contributed by atoms with Crippen molar-refractivity contribution in [3.8, 4) is 0 Å². The van der Waals surface area contributed by atoms with E-state index in [0.717, 1.165) is 0 Å². The molecule has 1 fully saturated rings. The summed E-state index contributed by atoms with van der Waals surface area (Å²) < 4.78 is 4.94. The molecule has 19 heavy (non-hydrogen) atoms. The molecule has 0 unspecified atom stereocenters. The summed E-state index contributed by atoms with van der Waals surface area (Å²) in [5, 5.41) is 13.0. The van der Waals surface area contributed by atoms with Crippen LogP contribution in [0.15, 0.2) is 11.6 Å². The molecule has 0 spiro atoms. The van der Waals surface area contributed by atoms with Gasteiger partial charge in [-0.05, 0) is 32.6 Å². The van der Waals surface area contributed by atoms with Crippen LogP contribution in [0.3, 0.4) is 0 Å². The highest BCUT2D eigenvalue weighted by molar-refractivity contribution is 7.09. The standard InChI is InChI=1S/C13H16NO4S/c1-2-18-11(16)12(9-15)3-5-13(17,6-4-12)10-14-7-8-19-10/h7-8,17H,2-6H2,1H3. The summed E-state index contributed by atoms with van der Waals surface area (Å²) in [5.74, 6) is -0.536. The molecule has 6 heteroatoms. The summed E-state index contributed by atoms with van der Waals surface area (Å²) >= 11 is 1.38. The van der Waals surface area contributed by atoms with Gasteiger partial charge in [-0.3, -0.25) is 9.59 Å². The number of rotatable bonds is 4. The molecule has 1 radical (unpaired) electrons. The Morgan fingerprint density at radius 1 is 1.53 bits per heavy atom. The summed E-state index contributed by atoms with van der Waals surface area (Å²) in [7, 11) is 0. The van der Waals surface area contributed by atoms with Crippen LogP contribution in [0.4, 0.5) is 0 Å². The van der Waals surface area contributed by atoms with Crippen molar-refractivity contribution in [3.63, 3.8) is 0 Å². The molecule has 1 aromatic heterocycles. The first-order valence-corrected chi connectivity index (χ1v) is 7.13. The fourth-order valence-corrected chi connectivity index (χ4v) is 3.17. The molecule has 1 aromatic rings. The Morgan fingerprint density at radius 3 is 2.68 bits per heavy atom. The first-order chi connectivity index (χ1) is 9.06. The van der Waals surface area contributed by atoms with Gasteiger partial charge in [-0.2, -0.15) is 0 Å². The summed E-state index contributed by atoms with van der Waals surface area (Å²) in [6.07, 6.45) is 4.58. The zero-order chi connectivity index (χ0) is 13.9. The van der Waals surface area contributed by atoms with Gasteiger partial charge in [-0.15, -0.1) is 11.3 Å². The molecule has 2 rings (SSSR count). The average Bonchev–Trinajstić information content (AvgIpc) is 2.95. The summed E-state index contributed by atoms with van der Waals surface area (Å²) in [6.45, 7) is 1.93. The number of aromatic nitrogens is 1. The van der Waals surface area contributed by atoms with E-state index < -0.39 is 17.0 Å². The highest BCUT2D eigenvalue weighted by Gasteiger charge is 2.49. The van der Waals surface area contributed by atoms with Crippen LogP contribution in [-0.4, -0.2) is 29.0 Å². The maximum atomic E-state index is 11.9. The Kier molecular flexibility index (Phi) is 4.01. The lowest BCUT2D eigenvalue weighted by molar-refractivity contribution is -0.155. The fourth-order valence-electron chi connectivity index (χ4n) is 2.37. The molecular weight excluding hydrogens is 266 g/mol. The van der Waals surface area contributed by atoms with Gasteiger partial charge >= 0.3 is 5.97 Å². The van der Waals surface area contributed by atoms with E-state index in [1.165, 1.54) is 11.3 Å². The lowest BCUT2D eigenvalue weighted by Gasteiger charge is -2.37. The van der Waals surface area contributed by atoms with Crippen molar-refractivity contribution in [1.82, 2.24) is 4.98 Å². The number of carbonyl (C=O) groups is 1. The predicted octanol–water partition coefficient (Wildman–Crippen LogP) is 1.56. The average molecular weight is 282 g/mol. The Hall–Kier alpha value is -1.27. The van der Waals surface area contributed by atoms with Gasteiger partial charge in [0, 0.05) is 11.6 Å². The third-order valence-corrected chi connectivity index (χ3v) is 4.59. The number of thiazole rings is 1. The molecule has 1 heterocycles. The van der Waals surface area contributed by atoms with Gasteiger partial charge in [-0.25, -0.2) is 4.98 Å². The molecule has 0 aromatic carbocycles. The van der Waals surface area contributed by atoms with E-state index in [0.29, 0.717) is 17.8 Å². The van der Waals surface area contributed by atoms with E-state index >= 15 is 0 Å². The van der Waals surface area contributed by atoms with Crippen LogP contribution in [-0.2, 0) is 19.9 Å². The molecule has 5 nitrogen and oxygen atoms in total. The monoisotopic (exact) mass is 282 g/mol. The van der Waals surface area contributed by atoms with Crippen LogP contribution < -0.4 is 0 Å². The minimum Gasteiger partial charge on any atom is -0.465 e. The molecule has 103 valence electrons. The maximum Gasteiger partial charge on any atom is 0.320 e. The van der Waals surface area contributed by atoms with Gasteiger partial charge in [0.05, 0.1) is 6.61 Å². The molecule has 1 saturated carbocycles. The second-order valence-corrected chi connectivity index (χ2v) is 5.67. The molecule has 1 aliphatic carbocycles. The predicted molar refractivity (Wildman–Crippen MR) is 69.2 cm³/mol. The van der Waals surface area contributed by atoms with Gasteiger partial charge in [-0.1, -0.05) is 0 Å². The highest BCUT2D eigenvalue weighted by atomic mass is 32.1. The van der Waals surface area contributed by atoms with E-state index in [4.69, 9.17) is 4.74 Å². The van der Waals surface area contributed by atoms with Crippen molar-refractivity contribution in [2.45, 2.75) is 38.2 Å². The number of carbonyl (C=O) groups excluding carboxylic acids is 2. The third kappa shape index (κ3) is 2.55. The van der Waals surface area contributed by atoms with E-state index in [1.807, 2.05) is 6.29 Å². The quantitative estimate of drug-likeness (QED) is 0.670. The van der Waals surface area contributed by atoms with Crippen molar-refractivity contribution >= 4 is 23.6 Å². The summed E-state index contributed by atoms with van der Waals surface area (Å²) in [6, 6.07) is 0. The van der Waals surface area contributed by atoms with Crippen molar-refractivity contribution < 1.29 is 19.4 Å². The number of esters is 1. The second kappa shape index (κ2) is 5.38. The molecule has 1 aliphatic rings. The van der Waals surface area contributed by atoms with Crippen molar-refractivity contribution in [3.05, 3.63) is 16.6 Å². The van der Waals surface area contributed by atoms with Crippen LogP contribution in [0, 0.1) is 5.41 Å². The fraction of sp³-hybridized carbons (Fsp3) is 0.615. The van der Waals surface area contributed by atoms with Crippen molar-refractivity contribution in [2.75, 3.05) is 6.61 Å². The van der Waals surface area contributed by atoms with Crippen LogP contribution in [0.1, 0.15) is 37.6 Å². The molecule has 0 aliphatic heterocycles. The van der Waals surface area contributed by atoms with Crippen LogP contribution in [0.25, 0.3) is 0 Å². The lowest BCUT2D eigenvalue weighted by atomic mass is 9.69. The minimum atomic E-state index is -1.22. The number of nitrogens with zero attached hydrogens (tertiary/aromatic N) is 1. The Labute approximate surface area is 115 Å². The van der Waals surface area contributed by atoms with E-state index in [-0.39, 0.29) is 19.4 Å². The zero-order valence-electron chi connectivity index (χ0n) is 10.7. The second-order valence-electron chi connectivity index (χ2n) is 4.77. The van der Waals surface area contributed by atoms with Crippen molar-refractivity contribution in [1.29, 1.82) is 0 Å². The topological polar surface area (TPSA) is 76.5 Å². The van der Waals surface area contributed by atoms with Gasteiger partial charge < -0.3 is 9.84 Å². The number of hydrogen-bond donors (Lipinski definition) is 1. The Bertz CT molecular complexity index is 449.